The van der Waals surface area contributed by atoms with Crippen LogP contribution in [0.3, 0.4) is 0 Å². The topological polar surface area (TPSA) is 94.1 Å². The molecule has 0 unspecified atom stereocenters. The normalized spacial score (nSPS) is 16.2. The third kappa shape index (κ3) is 2.08. The average molecular weight is 279 g/mol. The Morgan fingerprint density at radius 1 is 1.16 bits per heavy atom. The van der Waals surface area contributed by atoms with Gasteiger partial charge in [0.2, 0.25) is 10.0 Å². The fraction of sp³-hybridized carbons (Fsp3) is 0.273. The molecule has 0 radical (unpaired) electrons. The molecule has 2 aromatic rings. The molecule has 0 spiro atoms. The van der Waals surface area contributed by atoms with Gasteiger partial charge in [0, 0.05) is 18.8 Å². The molecule has 1 aromatic heterocycles. The van der Waals surface area contributed by atoms with Gasteiger partial charge in [-0.15, -0.1) is 10.2 Å². The molecule has 2 heterocycles. The van der Waals surface area contributed by atoms with Crippen molar-refractivity contribution in [2.45, 2.75) is 18.0 Å². The van der Waals surface area contributed by atoms with Crippen LogP contribution in [0.25, 0.3) is 0 Å². The van der Waals surface area contributed by atoms with Gasteiger partial charge in [-0.3, -0.25) is 0 Å². The summed E-state index contributed by atoms with van der Waals surface area (Å²) in [4.78, 5) is 0.245. The molecule has 0 bridgehead atoms. The van der Waals surface area contributed by atoms with Gasteiger partial charge in [0.05, 0.1) is 11.4 Å². The number of nitrogens with two attached hydrogens (primary N) is 1. The van der Waals surface area contributed by atoms with Crippen molar-refractivity contribution >= 4 is 15.7 Å². The molecule has 0 saturated carbocycles. The Morgan fingerprint density at radius 2 is 1.89 bits per heavy atom. The fourth-order valence-corrected chi connectivity index (χ4v) is 3.42. The Hall–Kier alpha value is -1.93. The minimum absolute atomic E-state index is 0.243. The van der Waals surface area contributed by atoms with E-state index in [4.69, 9.17) is 5.73 Å². The Kier molecular flexibility index (Phi) is 2.76. The highest BCUT2D eigenvalue weighted by Gasteiger charge is 2.29. The maximum atomic E-state index is 12.5. The van der Waals surface area contributed by atoms with Crippen LogP contribution in [0.15, 0.2) is 35.5 Å². The van der Waals surface area contributed by atoms with Crippen molar-refractivity contribution in [1.29, 1.82) is 0 Å². The molecule has 8 heteroatoms. The first-order valence-electron chi connectivity index (χ1n) is 5.80. The van der Waals surface area contributed by atoms with Crippen molar-refractivity contribution in [3.8, 4) is 0 Å². The highest BCUT2D eigenvalue weighted by atomic mass is 32.2. The van der Waals surface area contributed by atoms with Gasteiger partial charge in [0.1, 0.15) is 12.2 Å². The summed E-state index contributed by atoms with van der Waals surface area (Å²) in [5.41, 5.74) is 6.11. The smallest absolute Gasteiger partial charge is 0.243 e. The minimum Gasteiger partial charge on any atom is -0.399 e. The Morgan fingerprint density at radius 3 is 2.63 bits per heavy atom. The van der Waals surface area contributed by atoms with Crippen LogP contribution in [0.1, 0.15) is 5.82 Å². The van der Waals surface area contributed by atoms with E-state index in [2.05, 4.69) is 10.2 Å². The second-order valence-electron chi connectivity index (χ2n) is 4.35. The van der Waals surface area contributed by atoms with Gasteiger partial charge in [-0.05, 0) is 24.3 Å². The van der Waals surface area contributed by atoms with Crippen LogP contribution < -0.4 is 5.73 Å². The molecule has 3 rings (SSSR count). The summed E-state index contributed by atoms with van der Waals surface area (Å²) >= 11 is 0. The zero-order valence-corrected chi connectivity index (χ0v) is 10.9. The molecular weight excluding hydrogens is 266 g/mol. The van der Waals surface area contributed by atoms with E-state index in [1.807, 2.05) is 4.57 Å². The van der Waals surface area contributed by atoms with Gasteiger partial charge in [-0.1, -0.05) is 0 Å². The van der Waals surface area contributed by atoms with Crippen LogP contribution in [0.4, 0.5) is 5.69 Å². The third-order valence-corrected chi connectivity index (χ3v) is 4.98. The Balaban J connectivity index is 1.92. The molecule has 1 aliphatic rings. The summed E-state index contributed by atoms with van der Waals surface area (Å²) < 4.78 is 28.2. The number of sulfonamides is 1. The van der Waals surface area contributed by atoms with E-state index in [1.165, 1.54) is 16.4 Å². The minimum atomic E-state index is -3.50. The van der Waals surface area contributed by atoms with Gasteiger partial charge in [0.25, 0.3) is 0 Å². The Labute approximate surface area is 110 Å². The lowest BCUT2D eigenvalue weighted by Gasteiger charge is -2.26. The molecule has 0 saturated heterocycles. The molecule has 0 fully saturated rings. The second-order valence-corrected chi connectivity index (χ2v) is 6.29. The highest BCUT2D eigenvalue weighted by Crippen LogP contribution is 2.21. The van der Waals surface area contributed by atoms with Gasteiger partial charge < -0.3 is 10.3 Å². The standard InChI is InChI=1S/C11H13N5O2S/c12-9-1-3-10(4-2-9)19(17,18)16-6-5-15-8-13-14-11(15)7-16/h1-4,8H,5-7,12H2. The number of hydrogen-bond donors (Lipinski definition) is 1. The SMILES string of the molecule is Nc1ccc(S(=O)(=O)N2CCn3cnnc3C2)cc1. The van der Waals surface area contributed by atoms with E-state index in [9.17, 15) is 8.42 Å². The molecule has 0 atom stereocenters. The first kappa shape index (κ1) is 12.1. The van der Waals surface area contributed by atoms with E-state index in [1.54, 1.807) is 18.5 Å². The Bertz CT molecular complexity index is 692. The molecule has 19 heavy (non-hydrogen) atoms. The number of anilines is 1. The van der Waals surface area contributed by atoms with Gasteiger partial charge in [-0.25, -0.2) is 8.42 Å². The number of rotatable bonds is 2. The van der Waals surface area contributed by atoms with E-state index >= 15 is 0 Å². The fourth-order valence-electron chi connectivity index (χ4n) is 2.04. The maximum Gasteiger partial charge on any atom is 0.243 e. The van der Waals surface area contributed by atoms with E-state index < -0.39 is 10.0 Å². The molecule has 7 nitrogen and oxygen atoms in total. The van der Waals surface area contributed by atoms with Crippen LogP contribution in [-0.4, -0.2) is 34.0 Å². The van der Waals surface area contributed by atoms with Gasteiger partial charge in [0.15, 0.2) is 0 Å². The summed E-state index contributed by atoms with van der Waals surface area (Å²) in [5.74, 6) is 0.658. The van der Waals surface area contributed by atoms with Crippen molar-refractivity contribution in [3.05, 3.63) is 36.4 Å². The predicted octanol–water partition coefficient (Wildman–Crippen LogP) is 0.0648. The number of fused-ring (bicyclic) bond motifs is 1. The zero-order valence-electron chi connectivity index (χ0n) is 10.1. The van der Waals surface area contributed by atoms with Crippen molar-refractivity contribution in [3.63, 3.8) is 0 Å². The predicted molar refractivity (Wildman–Crippen MR) is 68.5 cm³/mol. The lowest BCUT2D eigenvalue weighted by Crippen LogP contribution is -2.38. The van der Waals surface area contributed by atoms with E-state index in [-0.39, 0.29) is 11.4 Å². The summed E-state index contributed by atoms with van der Waals surface area (Å²) in [6.07, 6.45) is 1.61. The second kappa shape index (κ2) is 4.32. The maximum absolute atomic E-state index is 12.5. The lowest BCUT2D eigenvalue weighted by molar-refractivity contribution is 0.335. The molecule has 1 aliphatic heterocycles. The first-order valence-corrected chi connectivity index (χ1v) is 7.24. The summed E-state index contributed by atoms with van der Waals surface area (Å²) in [5, 5.41) is 7.69. The average Bonchev–Trinajstić information content (AvgIpc) is 2.86. The van der Waals surface area contributed by atoms with Crippen molar-refractivity contribution in [1.82, 2.24) is 19.1 Å². The number of aromatic nitrogens is 3. The van der Waals surface area contributed by atoms with Gasteiger partial charge >= 0.3 is 0 Å². The van der Waals surface area contributed by atoms with Gasteiger partial charge in [-0.2, -0.15) is 4.31 Å². The zero-order chi connectivity index (χ0) is 13.5. The number of nitrogens with zero attached hydrogens (tertiary/aromatic N) is 4. The largest absolute Gasteiger partial charge is 0.399 e. The monoisotopic (exact) mass is 279 g/mol. The number of nitrogen functional groups attached to an aromatic ring is 1. The van der Waals surface area contributed by atoms with Crippen LogP contribution >= 0.6 is 0 Å². The van der Waals surface area contributed by atoms with Crippen LogP contribution in [0, 0.1) is 0 Å². The van der Waals surface area contributed by atoms with Crippen LogP contribution in [-0.2, 0) is 23.1 Å². The van der Waals surface area contributed by atoms with E-state index in [0.29, 0.717) is 24.6 Å². The van der Waals surface area contributed by atoms with Crippen molar-refractivity contribution < 1.29 is 8.42 Å². The highest BCUT2D eigenvalue weighted by molar-refractivity contribution is 7.89. The van der Waals surface area contributed by atoms with Crippen LogP contribution in [0.5, 0.6) is 0 Å². The van der Waals surface area contributed by atoms with Crippen LogP contribution in [0.2, 0.25) is 0 Å². The van der Waals surface area contributed by atoms with Crippen molar-refractivity contribution in [2.75, 3.05) is 12.3 Å². The summed E-state index contributed by atoms with van der Waals surface area (Å²) in [6.45, 7) is 1.22. The van der Waals surface area contributed by atoms with Crippen molar-refractivity contribution in [2.24, 2.45) is 0 Å². The summed E-state index contributed by atoms with van der Waals surface area (Å²) in [7, 11) is -3.50. The molecule has 0 amide bonds. The molecule has 1 aromatic carbocycles. The first-order chi connectivity index (χ1) is 9.07. The quantitative estimate of drug-likeness (QED) is 0.785. The molecule has 0 aliphatic carbocycles. The molecule has 100 valence electrons. The summed E-state index contributed by atoms with van der Waals surface area (Å²) in [6, 6.07) is 6.20. The molecule has 2 N–H and O–H groups in total. The molecular formula is C11H13N5O2S. The third-order valence-electron chi connectivity index (χ3n) is 3.12. The number of hydrogen-bond acceptors (Lipinski definition) is 5. The van der Waals surface area contributed by atoms with E-state index in [0.717, 1.165) is 0 Å². The number of benzene rings is 1. The lowest BCUT2D eigenvalue weighted by atomic mass is 10.3.